The molecule has 2 aliphatic rings. The van der Waals surface area contributed by atoms with E-state index in [4.69, 9.17) is 0 Å². The lowest BCUT2D eigenvalue weighted by molar-refractivity contribution is 0.0647. The molecule has 1 saturated carbocycles. The summed E-state index contributed by atoms with van der Waals surface area (Å²) in [5.41, 5.74) is 2.56. The third-order valence-electron chi connectivity index (χ3n) is 6.04. The highest BCUT2D eigenvalue weighted by Crippen LogP contribution is 2.36. The van der Waals surface area contributed by atoms with Crippen molar-refractivity contribution in [3.63, 3.8) is 0 Å². The molecule has 0 spiro atoms. The monoisotopic (exact) mass is 403 g/mol. The van der Waals surface area contributed by atoms with E-state index < -0.39 is 0 Å². The Morgan fingerprint density at radius 3 is 2.54 bits per heavy atom. The Bertz CT molecular complexity index is 783. The van der Waals surface area contributed by atoms with Gasteiger partial charge in [0.25, 0.3) is 5.91 Å². The standard InChI is InChI=1S/C21H29N5O.ClH/c1-15(18-8-9-18)25(14-17-6-4-3-5-7-17)21(27)20-16(2)26(24-23-20)19-10-12-22-13-11-19;/h3-7,15,18-19,22H,8-14H2,1-2H3;1H. The fourth-order valence-electron chi connectivity index (χ4n) is 4.09. The Labute approximate surface area is 173 Å². The molecule has 1 aliphatic carbocycles. The smallest absolute Gasteiger partial charge is 0.276 e. The predicted molar refractivity (Wildman–Crippen MR) is 112 cm³/mol. The third-order valence-corrected chi connectivity index (χ3v) is 6.04. The van der Waals surface area contributed by atoms with Crippen LogP contribution in [0.15, 0.2) is 30.3 Å². The zero-order chi connectivity index (χ0) is 18.8. The second-order valence-corrected chi connectivity index (χ2v) is 7.95. The van der Waals surface area contributed by atoms with Crippen LogP contribution in [0.3, 0.4) is 0 Å². The van der Waals surface area contributed by atoms with E-state index in [9.17, 15) is 4.79 Å². The molecule has 7 heteroatoms. The molecule has 1 N–H and O–H groups in total. The highest BCUT2D eigenvalue weighted by Gasteiger charge is 2.36. The predicted octanol–water partition coefficient (Wildman–Crippen LogP) is 3.37. The van der Waals surface area contributed by atoms with Crippen LogP contribution in [0.25, 0.3) is 0 Å². The zero-order valence-corrected chi connectivity index (χ0v) is 17.5. The molecule has 2 aromatic rings. The van der Waals surface area contributed by atoms with E-state index in [0.717, 1.165) is 37.2 Å². The summed E-state index contributed by atoms with van der Waals surface area (Å²) in [6, 6.07) is 10.8. The molecule has 0 bridgehead atoms. The van der Waals surface area contributed by atoms with E-state index in [1.54, 1.807) is 0 Å². The van der Waals surface area contributed by atoms with Crippen LogP contribution in [0.5, 0.6) is 0 Å². The molecule has 2 fully saturated rings. The van der Waals surface area contributed by atoms with E-state index >= 15 is 0 Å². The van der Waals surface area contributed by atoms with E-state index in [-0.39, 0.29) is 24.4 Å². The van der Waals surface area contributed by atoms with Gasteiger partial charge in [-0.05, 0) is 64.1 Å². The van der Waals surface area contributed by atoms with Gasteiger partial charge in [-0.1, -0.05) is 35.5 Å². The molecule has 28 heavy (non-hydrogen) atoms. The summed E-state index contributed by atoms with van der Waals surface area (Å²) in [5.74, 6) is 0.619. The second kappa shape index (κ2) is 9.05. The highest BCUT2D eigenvalue weighted by atomic mass is 35.5. The van der Waals surface area contributed by atoms with Gasteiger partial charge in [0.1, 0.15) is 0 Å². The fourth-order valence-corrected chi connectivity index (χ4v) is 4.09. The Hall–Kier alpha value is -1.92. The molecule has 0 radical (unpaired) electrons. The van der Waals surface area contributed by atoms with Gasteiger partial charge in [-0.2, -0.15) is 0 Å². The Morgan fingerprint density at radius 1 is 1.21 bits per heavy atom. The first-order valence-electron chi connectivity index (χ1n) is 10.1. The van der Waals surface area contributed by atoms with Gasteiger partial charge in [0, 0.05) is 12.6 Å². The van der Waals surface area contributed by atoms with Crippen LogP contribution in [0.4, 0.5) is 0 Å². The van der Waals surface area contributed by atoms with Crippen molar-refractivity contribution in [2.75, 3.05) is 13.1 Å². The maximum Gasteiger partial charge on any atom is 0.276 e. The molecule has 152 valence electrons. The molecular weight excluding hydrogens is 374 g/mol. The summed E-state index contributed by atoms with van der Waals surface area (Å²) in [6.45, 7) is 6.76. The highest BCUT2D eigenvalue weighted by molar-refractivity contribution is 5.93. The summed E-state index contributed by atoms with van der Waals surface area (Å²) in [7, 11) is 0. The summed E-state index contributed by atoms with van der Waals surface area (Å²) < 4.78 is 1.97. The number of aromatic nitrogens is 3. The Balaban J connectivity index is 0.00000225. The van der Waals surface area contributed by atoms with Crippen molar-refractivity contribution in [2.45, 2.75) is 58.2 Å². The molecule has 6 nitrogen and oxygen atoms in total. The largest absolute Gasteiger partial charge is 0.330 e. The maximum atomic E-state index is 13.4. The molecule has 1 atom stereocenters. The number of rotatable bonds is 6. The molecule has 1 unspecified atom stereocenters. The van der Waals surface area contributed by atoms with E-state index in [2.05, 4.69) is 34.7 Å². The van der Waals surface area contributed by atoms with Gasteiger partial charge in [0.15, 0.2) is 5.69 Å². The number of benzene rings is 1. The van der Waals surface area contributed by atoms with Crippen molar-refractivity contribution in [3.8, 4) is 0 Å². The fraction of sp³-hybridized carbons (Fsp3) is 0.571. The van der Waals surface area contributed by atoms with Gasteiger partial charge < -0.3 is 10.2 Å². The van der Waals surface area contributed by atoms with Crippen molar-refractivity contribution < 1.29 is 4.79 Å². The van der Waals surface area contributed by atoms with Crippen LogP contribution in [0.1, 0.15) is 60.4 Å². The Kier molecular flexibility index (Phi) is 6.73. The van der Waals surface area contributed by atoms with Crippen LogP contribution in [-0.2, 0) is 6.54 Å². The summed E-state index contributed by atoms with van der Waals surface area (Å²) in [6.07, 6.45) is 4.48. The van der Waals surface area contributed by atoms with Crippen LogP contribution < -0.4 is 5.32 Å². The van der Waals surface area contributed by atoms with Crippen molar-refractivity contribution in [1.82, 2.24) is 25.2 Å². The molecule has 1 aromatic heterocycles. The lowest BCUT2D eigenvalue weighted by atomic mass is 10.1. The summed E-state index contributed by atoms with van der Waals surface area (Å²) in [5, 5.41) is 12.1. The van der Waals surface area contributed by atoms with Crippen LogP contribution >= 0.6 is 12.4 Å². The van der Waals surface area contributed by atoms with E-state index in [1.807, 2.05) is 34.7 Å². The number of carbonyl (C=O) groups is 1. The van der Waals surface area contributed by atoms with Crippen LogP contribution in [-0.4, -0.2) is 44.9 Å². The maximum absolute atomic E-state index is 13.4. The summed E-state index contributed by atoms with van der Waals surface area (Å²) in [4.78, 5) is 15.4. The number of hydrogen-bond donors (Lipinski definition) is 1. The van der Waals surface area contributed by atoms with Crippen molar-refractivity contribution in [3.05, 3.63) is 47.3 Å². The first-order valence-corrected chi connectivity index (χ1v) is 10.1. The van der Waals surface area contributed by atoms with Crippen molar-refractivity contribution in [1.29, 1.82) is 0 Å². The van der Waals surface area contributed by atoms with E-state index in [0.29, 0.717) is 24.2 Å². The van der Waals surface area contributed by atoms with E-state index in [1.165, 1.54) is 12.8 Å². The number of nitrogens with one attached hydrogen (secondary N) is 1. The van der Waals surface area contributed by atoms with Gasteiger partial charge in [-0.15, -0.1) is 17.5 Å². The number of amides is 1. The first kappa shape index (κ1) is 20.8. The number of carbonyl (C=O) groups excluding carboxylic acids is 1. The molecule has 1 saturated heterocycles. The lowest BCUT2D eigenvalue weighted by Crippen LogP contribution is -2.40. The molecule has 1 amide bonds. The zero-order valence-electron chi connectivity index (χ0n) is 16.7. The van der Waals surface area contributed by atoms with Gasteiger partial charge in [0.05, 0.1) is 11.7 Å². The average molecular weight is 404 g/mol. The SMILES string of the molecule is Cc1c(C(=O)N(Cc2ccccc2)C(C)C2CC2)nnn1C1CCNCC1.Cl. The minimum Gasteiger partial charge on any atom is -0.330 e. The minimum absolute atomic E-state index is 0. The normalized spacial score (nSPS) is 18.4. The number of nitrogens with zero attached hydrogens (tertiary/aromatic N) is 4. The third kappa shape index (κ3) is 4.39. The van der Waals surface area contributed by atoms with Gasteiger partial charge >= 0.3 is 0 Å². The Morgan fingerprint density at radius 2 is 1.89 bits per heavy atom. The number of hydrogen-bond acceptors (Lipinski definition) is 4. The second-order valence-electron chi connectivity index (χ2n) is 7.95. The minimum atomic E-state index is 0. The van der Waals surface area contributed by atoms with Gasteiger partial charge in [-0.25, -0.2) is 4.68 Å². The van der Waals surface area contributed by atoms with Crippen LogP contribution in [0.2, 0.25) is 0 Å². The quantitative estimate of drug-likeness (QED) is 0.803. The molecule has 1 aliphatic heterocycles. The molecule has 2 heterocycles. The number of piperidine rings is 1. The number of halogens is 1. The van der Waals surface area contributed by atoms with Crippen molar-refractivity contribution >= 4 is 18.3 Å². The van der Waals surface area contributed by atoms with Crippen LogP contribution in [0, 0.1) is 12.8 Å². The lowest BCUT2D eigenvalue weighted by Gasteiger charge is -2.29. The van der Waals surface area contributed by atoms with Crippen molar-refractivity contribution in [2.24, 2.45) is 5.92 Å². The molecular formula is C21H30ClN5O. The topological polar surface area (TPSA) is 63.1 Å². The summed E-state index contributed by atoms with van der Waals surface area (Å²) >= 11 is 0. The molecule has 1 aromatic carbocycles. The molecule has 4 rings (SSSR count). The first-order chi connectivity index (χ1) is 13.1. The van der Waals surface area contributed by atoms with Gasteiger partial charge in [0.2, 0.25) is 0 Å². The average Bonchev–Trinajstić information content (AvgIpc) is 3.49. The van der Waals surface area contributed by atoms with Gasteiger partial charge in [-0.3, -0.25) is 4.79 Å².